The molecule has 0 aliphatic carbocycles. The molecular formula is C20H20F3N5. The second-order valence-corrected chi connectivity index (χ2v) is 7.14. The summed E-state index contributed by atoms with van der Waals surface area (Å²) in [7, 11) is 2.09. The molecule has 1 atom stereocenters. The minimum absolute atomic E-state index is 0.272. The SMILES string of the molecule is CN1CCCC(Nc2nnc(-c3ccc(C(F)(F)F)cc3)c3ccncc23)C1. The third-order valence-electron chi connectivity index (χ3n) is 5.03. The number of piperidine rings is 1. The first kappa shape index (κ1) is 18.6. The fraction of sp³-hybridized carbons (Fsp3) is 0.350. The van der Waals surface area contributed by atoms with Gasteiger partial charge in [0.1, 0.15) is 5.69 Å². The lowest BCUT2D eigenvalue weighted by Gasteiger charge is -2.30. The fourth-order valence-electron chi connectivity index (χ4n) is 3.61. The smallest absolute Gasteiger partial charge is 0.364 e. The maximum atomic E-state index is 12.8. The van der Waals surface area contributed by atoms with Crippen LogP contribution in [0.3, 0.4) is 0 Å². The summed E-state index contributed by atoms with van der Waals surface area (Å²) in [6.07, 6.45) is 1.16. The van der Waals surface area contributed by atoms with E-state index in [0.29, 0.717) is 17.1 Å². The van der Waals surface area contributed by atoms with Gasteiger partial charge in [0.05, 0.1) is 5.56 Å². The van der Waals surface area contributed by atoms with Crippen molar-refractivity contribution < 1.29 is 13.2 Å². The Kier molecular flexibility index (Phi) is 4.89. The van der Waals surface area contributed by atoms with Gasteiger partial charge in [-0.05, 0) is 44.6 Å². The van der Waals surface area contributed by atoms with Gasteiger partial charge < -0.3 is 10.2 Å². The second-order valence-electron chi connectivity index (χ2n) is 7.14. The Balaban J connectivity index is 1.69. The van der Waals surface area contributed by atoms with E-state index in [1.165, 1.54) is 12.1 Å². The number of fused-ring (bicyclic) bond motifs is 1. The molecular weight excluding hydrogens is 367 g/mol. The molecule has 1 saturated heterocycles. The van der Waals surface area contributed by atoms with E-state index in [1.807, 2.05) is 6.07 Å². The monoisotopic (exact) mass is 387 g/mol. The highest BCUT2D eigenvalue weighted by molar-refractivity contribution is 5.99. The molecule has 28 heavy (non-hydrogen) atoms. The van der Waals surface area contributed by atoms with Crippen molar-refractivity contribution in [2.45, 2.75) is 25.1 Å². The van der Waals surface area contributed by atoms with Gasteiger partial charge in [0.15, 0.2) is 5.82 Å². The molecule has 0 bridgehead atoms. The van der Waals surface area contributed by atoms with E-state index in [0.717, 1.165) is 48.8 Å². The van der Waals surface area contributed by atoms with Crippen molar-refractivity contribution in [3.63, 3.8) is 0 Å². The molecule has 146 valence electrons. The predicted octanol–water partition coefficient (Wildman–Crippen LogP) is 4.22. The van der Waals surface area contributed by atoms with Crippen molar-refractivity contribution in [3.05, 3.63) is 48.3 Å². The van der Waals surface area contributed by atoms with Crippen molar-refractivity contribution in [1.82, 2.24) is 20.1 Å². The number of hydrogen-bond donors (Lipinski definition) is 1. The molecule has 0 spiro atoms. The zero-order chi connectivity index (χ0) is 19.7. The van der Waals surface area contributed by atoms with Gasteiger partial charge in [-0.3, -0.25) is 4.98 Å². The van der Waals surface area contributed by atoms with E-state index in [9.17, 15) is 13.2 Å². The summed E-state index contributed by atoms with van der Waals surface area (Å²) in [6.45, 7) is 2.00. The summed E-state index contributed by atoms with van der Waals surface area (Å²) in [6, 6.07) is 7.07. The minimum Gasteiger partial charge on any atom is -0.364 e. The first-order valence-electron chi connectivity index (χ1n) is 9.15. The molecule has 1 aliphatic heterocycles. The molecule has 3 aromatic rings. The van der Waals surface area contributed by atoms with Gasteiger partial charge in [-0.1, -0.05) is 12.1 Å². The highest BCUT2D eigenvalue weighted by Gasteiger charge is 2.30. The lowest BCUT2D eigenvalue weighted by molar-refractivity contribution is -0.137. The zero-order valence-corrected chi connectivity index (χ0v) is 15.4. The lowest BCUT2D eigenvalue weighted by Crippen LogP contribution is -2.40. The maximum absolute atomic E-state index is 12.8. The number of aromatic nitrogens is 3. The highest BCUT2D eigenvalue weighted by Crippen LogP contribution is 2.33. The number of likely N-dealkylation sites (N-methyl/N-ethyl adjacent to an activating group) is 1. The number of anilines is 1. The summed E-state index contributed by atoms with van der Waals surface area (Å²) < 4.78 is 38.5. The average molecular weight is 387 g/mol. The van der Waals surface area contributed by atoms with Gasteiger partial charge >= 0.3 is 6.18 Å². The maximum Gasteiger partial charge on any atom is 0.416 e. The topological polar surface area (TPSA) is 53.9 Å². The van der Waals surface area contributed by atoms with Gasteiger partial charge in [0.2, 0.25) is 0 Å². The predicted molar refractivity (Wildman–Crippen MR) is 102 cm³/mol. The Morgan fingerprint density at radius 1 is 1.07 bits per heavy atom. The largest absolute Gasteiger partial charge is 0.416 e. The quantitative estimate of drug-likeness (QED) is 0.729. The average Bonchev–Trinajstić information content (AvgIpc) is 2.68. The summed E-state index contributed by atoms with van der Waals surface area (Å²) in [5.41, 5.74) is 0.438. The van der Waals surface area contributed by atoms with Crippen molar-refractivity contribution in [2.75, 3.05) is 25.5 Å². The van der Waals surface area contributed by atoms with Crippen LogP contribution in [0.4, 0.5) is 19.0 Å². The summed E-state index contributed by atoms with van der Waals surface area (Å²) in [4.78, 5) is 6.47. The first-order chi connectivity index (χ1) is 13.4. The Morgan fingerprint density at radius 3 is 2.57 bits per heavy atom. The van der Waals surface area contributed by atoms with Crippen molar-refractivity contribution in [3.8, 4) is 11.3 Å². The molecule has 0 amide bonds. The van der Waals surface area contributed by atoms with Crippen LogP contribution in [0.2, 0.25) is 0 Å². The van der Waals surface area contributed by atoms with Crippen LogP contribution >= 0.6 is 0 Å². The number of likely N-dealkylation sites (tertiary alicyclic amines) is 1. The molecule has 0 saturated carbocycles. The Bertz CT molecular complexity index is 972. The number of hydrogen-bond acceptors (Lipinski definition) is 5. The van der Waals surface area contributed by atoms with Crippen molar-refractivity contribution in [1.29, 1.82) is 0 Å². The van der Waals surface area contributed by atoms with Crippen LogP contribution in [-0.2, 0) is 6.18 Å². The van der Waals surface area contributed by atoms with Crippen LogP contribution in [-0.4, -0.2) is 46.3 Å². The molecule has 2 aromatic heterocycles. The van der Waals surface area contributed by atoms with E-state index < -0.39 is 11.7 Å². The number of benzene rings is 1. The molecule has 1 unspecified atom stereocenters. The van der Waals surface area contributed by atoms with Crippen molar-refractivity contribution in [2.24, 2.45) is 0 Å². The molecule has 0 radical (unpaired) electrons. The number of pyridine rings is 1. The number of halogens is 3. The Labute approximate surface area is 160 Å². The van der Waals surface area contributed by atoms with E-state index in [4.69, 9.17) is 0 Å². The van der Waals surface area contributed by atoms with Gasteiger partial charge in [-0.15, -0.1) is 10.2 Å². The molecule has 8 heteroatoms. The van der Waals surface area contributed by atoms with Crippen LogP contribution in [0.25, 0.3) is 22.0 Å². The minimum atomic E-state index is -4.36. The molecule has 1 aromatic carbocycles. The van der Waals surface area contributed by atoms with Crippen LogP contribution in [0.15, 0.2) is 42.7 Å². The summed E-state index contributed by atoms with van der Waals surface area (Å²) >= 11 is 0. The summed E-state index contributed by atoms with van der Waals surface area (Å²) in [5, 5.41) is 13.7. The van der Waals surface area contributed by atoms with Gasteiger partial charge in [0.25, 0.3) is 0 Å². The van der Waals surface area contributed by atoms with Gasteiger partial charge in [0, 0.05) is 41.3 Å². The number of nitrogens with zero attached hydrogens (tertiary/aromatic N) is 4. The van der Waals surface area contributed by atoms with Crippen molar-refractivity contribution >= 4 is 16.6 Å². The third kappa shape index (κ3) is 3.77. The molecule has 1 aliphatic rings. The Morgan fingerprint density at radius 2 is 1.86 bits per heavy atom. The first-order valence-corrected chi connectivity index (χ1v) is 9.15. The van der Waals surface area contributed by atoms with Gasteiger partial charge in [-0.2, -0.15) is 13.2 Å². The van der Waals surface area contributed by atoms with E-state index in [-0.39, 0.29) is 6.04 Å². The highest BCUT2D eigenvalue weighted by atomic mass is 19.4. The molecule has 1 fully saturated rings. The zero-order valence-electron chi connectivity index (χ0n) is 15.4. The molecule has 5 nitrogen and oxygen atoms in total. The van der Waals surface area contributed by atoms with Gasteiger partial charge in [-0.25, -0.2) is 0 Å². The number of nitrogens with one attached hydrogen (secondary N) is 1. The lowest BCUT2D eigenvalue weighted by atomic mass is 10.0. The second kappa shape index (κ2) is 7.35. The van der Waals surface area contributed by atoms with Crippen LogP contribution in [0, 0.1) is 0 Å². The van der Waals surface area contributed by atoms with E-state index in [1.54, 1.807) is 12.4 Å². The summed E-state index contributed by atoms with van der Waals surface area (Å²) in [5.74, 6) is 0.652. The Hall–Kier alpha value is -2.74. The molecule has 3 heterocycles. The van der Waals surface area contributed by atoms with E-state index in [2.05, 4.69) is 32.4 Å². The van der Waals surface area contributed by atoms with Crippen LogP contribution < -0.4 is 5.32 Å². The molecule has 4 rings (SSSR count). The number of rotatable bonds is 3. The third-order valence-corrected chi connectivity index (χ3v) is 5.03. The fourth-order valence-corrected chi connectivity index (χ4v) is 3.61. The standard InChI is InChI=1S/C20H20F3N5/c1-28-10-2-3-15(12-28)25-19-17-11-24-9-8-16(17)18(26-27-19)13-4-6-14(7-5-13)20(21,22)23/h4-9,11,15H,2-3,10,12H2,1H3,(H,25,27). The van der Waals surface area contributed by atoms with E-state index >= 15 is 0 Å². The number of alkyl halides is 3. The molecule has 1 N–H and O–H groups in total. The van der Waals surface area contributed by atoms with Crippen LogP contribution in [0.1, 0.15) is 18.4 Å². The normalized spacial score (nSPS) is 18.4. The van der Waals surface area contributed by atoms with Crippen LogP contribution in [0.5, 0.6) is 0 Å².